The number of nitrogens with zero attached hydrogens (tertiary/aromatic N) is 1. The van der Waals surface area contributed by atoms with Gasteiger partial charge in [0.05, 0.1) is 5.69 Å². The van der Waals surface area contributed by atoms with Crippen molar-refractivity contribution in [1.29, 1.82) is 0 Å². The molecule has 0 fully saturated rings. The van der Waals surface area contributed by atoms with Crippen LogP contribution in [0.5, 0.6) is 0 Å². The van der Waals surface area contributed by atoms with Gasteiger partial charge in [-0.15, -0.1) is 11.3 Å². The minimum atomic E-state index is -0.00388. The van der Waals surface area contributed by atoms with Crippen molar-refractivity contribution in [2.24, 2.45) is 0 Å². The molecule has 21 heavy (non-hydrogen) atoms. The third-order valence-electron chi connectivity index (χ3n) is 3.48. The first kappa shape index (κ1) is 13.7. The van der Waals surface area contributed by atoms with Crippen LogP contribution in [0.1, 0.15) is 25.9 Å². The van der Waals surface area contributed by atoms with Gasteiger partial charge in [-0.1, -0.05) is 54.6 Å². The monoisotopic (exact) mass is 293 g/mol. The largest absolute Gasteiger partial charge is 0.286 e. The number of aromatic nitrogens is 1. The number of hydrogen-bond acceptors (Lipinski definition) is 3. The number of thiazole rings is 1. The van der Waals surface area contributed by atoms with E-state index in [0.29, 0.717) is 10.6 Å². The first-order valence-corrected chi connectivity index (χ1v) is 7.61. The van der Waals surface area contributed by atoms with Gasteiger partial charge in [-0.2, -0.15) is 0 Å². The molecule has 104 valence electrons. The third-order valence-corrected chi connectivity index (χ3v) is 4.55. The predicted molar refractivity (Wildman–Crippen MR) is 86.9 cm³/mol. The SMILES string of the molecule is Cc1nc(C(=O)c2ccc(-c3ccccc3)cc2)sc1C. The van der Waals surface area contributed by atoms with Crippen LogP contribution < -0.4 is 0 Å². The summed E-state index contributed by atoms with van der Waals surface area (Å²) in [6.07, 6.45) is 0. The van der Waals surface area contributed by atoms with Crippen LogP contribution in [-0.2, 0) is 0 Å². The van der Waals surface area contributed by atoms with Gasteiger partial charge in [0.2, 0.25) is 5.78 Å². The second kappa shape index (κ2) is 5.62. The molecule has 1 aromatic heterocycles. The van der Waals surface area contributed by atoms with Crippen molar-refractivity contribution >= 4 is 17.1 Å². The van der Waals surface area contributed by atoms with E-state index in [9.17, 15) is 4.79 Å². The fourth-order valence-corrected chi connectivity index (χ4v) is 3.01. The van der Waals surface area contributed by atoms with E-state index in [4.69, 9.17) is 0 Å². The summed E-state index contributed by atoms with van der Waals surface area (Å²) in [5.41, 5.74) is 3.88. The molecule has 0 amide bonds. The van der Waals surface area contributed by atoms with Gasteiger partial charge >= 0.3 is 0 Å². The molecule has 0 saturated carbocycles. The topological polar surface area (TPSA) is 30.0 Å². The van der Waals surface area contributed by atoms with Gasteiger partial charge in [0.1, 0.15) is 0 Å². The highest BCUT2D eigenvalue weighted by Gasteiger charge is 2.14. The molecule has 0 unspecified atom stereocenters. The first-order chi connectivity index (χ1) is 10.1. The van der Waals surface area contributed by atoms with Crippen molar-refractivity contribution in [2.45, 2.75) is 13.8 Å². The maximum absolute atomic E-state index is 12.4. The summed E-state index contributed by atoms with van der Waals surface area (Å²) >= 11 is 1.46. The number of benzene rings is 2. The van der Waals surface area contributed by atoms with Crippen molar-refractivity contribution in [3.8, 4) is 11.1 Å². The molecule has 0 aliphatic rings. The smallest absolute Gasteiger partial charge is 0.221 e. The Balaban J connectivity index is 1.89. The van der Waals surface area contributed by atoms with Crippen molar-refractivity contribution in [2.75, 3.05) is 0 Å². The highest BCUT2D eigenvalue weighted by molar-refractivity contribution is 7.13. The lowest BCUT2D eigenvalue weighted by Gasteiger charge is -2.02. The molecule has 3 rings (SSSR count). The molecule has 2 aromatic carbocycles. The number of rotatable bonds is 3. The Bertz CT molecular complexity index is 753. The standard InChI is InChI=1S/C18H15NOS/c1-12-13(2)21-18(19-12)17(20)16-10-8-15(9-11-16)14-6-4-3-5-7-14/h3-11H,1-2H3. The number of carbonyl (C=O) groups excluding carboxylic acids is 1. The van der Waals surface area contributed by atoms with Crippen LogP contribution in [0.15, 0.2) is 54.6 Å². The number of aryl methyl sites for hydroxylation is 2. The summed E-state index contributed by atoms with van der Waals surface area (Å²) in [7, 11) is 0. The lowest BCUT2D eigenvalue weighted by atomic mass is 10.0. The summed E-state index contributed by atoms with van der Waals surface area (Å²) in [6.45, 7) is 3.92. The number of carbonyl (C=O) groups is 1. The fraction of sp³-hybridized carbons (Fsp3) is 0.111. The maximum atomic E-state index is 12.4. The average molecular weight is 293 g/mol. The van der Waals surface area contributed by atoms with Crippen LogP contribution in [0, 0.1) is 13.8 Å². The summed E-state index contributed by atoms with van der Waals surface area (Å²) in [6, 6.07) is 17.8. The van der Waals surface area contributed by atoms with E-state index >= 15 is 0 Å². The molecule has 0 spiro atoms. The van der Waals surface area contributed by atoms with Crippen LogP contribution >= 0.6 is 11.3 Å². The van der Waals surface area contributed by atoms with Crippen LogP contribution in [0.3, 0.4) is 0 Å². The number of ketones is 1. The maximum Gasteiger partial charge on any atom is 0.221 e. The van der Waals surface area contributed by atoms with Gasteiger partial charge in [-0.25, -0.2) is 4.98 Å². The van der Waals surface area contributed by atoms with E-state index < -0.39 is 0 Å². The molecule has 0 radical (unpaired) electrons. The van der Waals surface area contributed by atoms with E-state index in [1.807, 2.05) is 56.3 Å². The Kier molecular flexibility index (Phi) is 3.67. The van der Waals surface area contributed by atoms with E-state index in [-0.39, 0.29) is 5.78 Å². The van der Waals surface area contributed by atoms with Crippen LogP contribution in [-0.4, -0.2) is 10.8 Å². The quantitative estimate of drug-likeness (QED) is 0.657. The highest BCUT2D eigenvalue weighted by atomic mass is 32.1. The van der Waals surface area contributed by atoms with Crippen LogP contribution in [0.25, 0.3) is 11.1 Å². The lowest BCUT2D eigenvalue weighted by Crippen LogP contribution is -2.00. The third kappa shape index (κ3) is 2.78. The predicted octanol–water partition coefficient (Wildman–Crippen LogP) is 4.66. The van der Waals surface area contributed by atoms with Crippen molar-refractivity contribution < 1.29 is 4.79 Å². The second-order valence-corrected chi connectivity index (χ2v) is 6.14. The first-order valence-electron chi connectivity index (χ1n) is 6.79. The van der Waals surface area contributed by atoms with E-state index in [2.05, 4.69) is 17.1 Å². The van der Waals surface area contributed by atoms with E-state index in [0.717, 1.165) is 21.7 Å². The van der Waals surface area contributed by atoms with Crippen molar-refractivity contribution in [3.05, 3.63) is 75.7 Å². The second-order valence-electron chi connectivity index (χ2n) is 4.93. The van der Waals surface area contributed by atoms with Gasteiger partial charge < -0.3 is 0 Å². The molecule has 0 bridgehead atoms. The van der Waals surface area contributed by atoms with Gasteiger partial charge in [0.15, 0.2) is 5.01 Å². The van der Waals surface area contributed by atoms with Gasteiger partial charge in [0, 0.05) is 10.4 Å². The minimum absolute atomic E-state index is 0.00388. The van der Waals surface area contributed by atoms with Gasteiger partial charge in [-0.05, 0) is 25.0 Å². The molecular formula is C18H15NOS. The van der Waals surface area contributed by atoms with Crippen LogP contribution in [0.2, 0.25) is 0 Å². The molecule has 2 nitrogen and oxygen atoms in total. The molecule has 3 aromatic rings. The Hall–Kier alpha value is -2.26. The van der Waals surface area contributed by atoms with Gasteiger partial charge in [-0.3, -0.25) is 4.79 Å². The lowest BCUT2D eigenvalue weighted by molar-refractivity contribution is 0.103. The molecule has 0 atom stereocenters. The summed E-state index contributed by atoms with van der Waals surface area (Å²) in [5.74, 6) is -0.00388. The van der Waals surface area contributed by atoms with Crippen molar-refractivity contribution in [1.82, 2.24) is 4.98 Å². The zero-order valence-corrected chi connectivity index (χ0v) is 12.8. The highest BCUT2D eigenvalue weighted by Crippen LogP contribution is 2.23. The Morgan fingerprint density at radius 1 is 0.905 bits per heavy atom. The molecule has 0 saturated heterocycles. The molecular weight excluding hydrogens is 278 g/mol. The molecule has 3 heteroatoms. The zero-order valence-electron chi connectivity index (χ0n) is 12.0. The van der Waals surface area contributed by atoms with Gasteiger partial charge in [0.25, 0.3) is 0 Å². The Labute approximate surface area is 128 Å². The Morgan fingerprint density at radius 3 is 2.10 bits per heavy atom. The molecule has 1 heterocycles. The summed E-state index contributed by atoms with van der Waals surface area (Å²) in [4.78, 5) is 17.8. The molecule has 0 aliphatic heterocycles. The molecule has 0 aliphatic carbocycles. The Morgan fingerprint density at radius 2 is 1.52 bits per heavy atom. The van der Waals surface area contributed by atoms with E-state index in [1.165, 1.54) is 11.3 Å². The van der Waals surface area contributed by atoms with E-state index in [1.54, 1.807) is 0 Å². The van der Waals surface area contributed by atoms with Crippen molar-refractivity contribution in [3.63, 3.8) is 0 Å². The minimum Gasteiger partial charge on any atom is -0.286 e. The summed E-state index contributed by atoms with van der Waals surface area (Å²) < 4.78 is 0. The summed E-state index contributed by atoms with van der Waals surface area (Å²) in [5, 5.41) is 0.567. The number of hydrogen-bond donors (Lipinski definition) is 0. The normalized spacial score (nSPS) is 10.6. The van der Waals surface area contributed by atoms with Crippen LogP contribution in [0.4, 0.5) is 0 Å². The average Bonchev–Trinajstić information content (AvgIpc) is 2.87. The molecule has 0 N–H and O–H groups in total. The zero-order chi connectivity index (χ0) is 14.8. The fourth-order valence-electron chi connectivity index (χ4n) is 2.14.